The number of Topliss-reactive ketones (excluding diaryl/α,β-unsaturated/α-hetero) is 1. The Kier molecular flexibility index (Phi) is 4.61. The quantitative estimate of drug-likeness (QED) is 0.859. The average Bonchev–Trinajstić information content (AvgIpc) is 2.80. The topological polar surface area (TPSA) is 40.5 Å². The van der Waals surface area contributed by atoms with E-state index in [2.05, 4.69) is 24.8 Å². The molecule has 0 aliphatic carbocycles. The molecule has 0 aromatic heterocycles. The smallest absolute Gasteiger partial charge is 0.160 e. The number of hydrogen-bond acceptors (Lipinski definition) is 3. The zero-order chi connectivity index (χ0) is 14.9. The summed E-state index contributed by atoms with van der Waals surface area (Å²) in [5.41, 5.74) is 5.54. The molecule has 1 heterocycles. The van der Waals surface area contributed by atoms with Crippen LogP contribution in [0.1, 0.15) is 52.4 Å². The molecule has 1 N–H and O–H groups in total. The summed E-state index contributed by atoms with van der Waals surface area (Å²) in [7, 11) is 0. The summed E-state index contributed by atoms with van der Waals surface area (Å²) in [6, 6.07) is 2.39. The minimum Gasteiger partial charge on any atom is -0.395 e. The van der Waals surface area contributed by atoms with Crippen molar-refractivity contribution in [3.63, 3.8) is 0 Å². The molecular formula is C17H25NO2. The first-order valence-electron chi connectivity index (χ1n) is 7.41. The van der Waals surface area contributed by atoms with Gasteiger partial charge < -0.3 is 5.11 Å². The van der Waals surface area contributed by atoms with E-state index >= 15 is 0 Å². The van der Waals surface area contributed by atoms with Crippen LogP contribution in [0, 0.1) is 20.8 Å². The maximum atomic E-state index is 11.9. The van der Waals surface area contributed by atoms with Crippen LogP contribution in [0.4, 0.5) is 0 Å². The highest BCUT2D eigenvalue weighted by molar-refractivity contribution is 5.97. The molecule has 20 heavy (non-hydrogen) atoms. The molecular weight excluding hydrogens is 250 g/mol. The Bertz CT molecular complexity index is 522. The Morgan fingerprint density at radius 1 is 1.35 bits per heavy atom. The van der Waals surface area contributed by atoms with Crippen LogP contribution in [-0.4, -0.2) is 35.0 Å². The number of aryl methyl sites for hydroxylation is 2. The van der Waals surface area contributed by atoms with Gasteiger partial charge in [-0.05, 0) is 69.3 Å². The van der Waals surface area contributed by atoms with E-state index in [0.29, 0.717) is 0 Å². The molecule has 0 saturated carbocycles. The molecule has 0 radical (unpaired) electrons. The maximum Gasteiger partial charge on any atom is 0.160 e. The lowest BCUT2D eigenvalue weighted by molar-refractivity contribution is 0.101. The van der Waals surface area contributed by atoms with Crippen LogP contribution in [-0.2, 0) is 6.54 Å². The number of aliphatic hydroxyl groups is 1. The molecule has 2 rings (SSSR count). The van der Waals surface area contributed by atoms with Crippen molar-refractivity contribution in [2.75, 3.05) is 13.2 Å². The molecule has 0 spiro atoms. The van der Waals surface area contributed by atoms with Gasteiger partial charge in [-0.2, -0.15) is 0 Å². The minimum atomic E-state index is 0.140. The van der Waals surface area contributed by atoms with E-state index in [9.17, 15) is 9.90 Å². The van der Waals surface area contributed by atoms with Gasteiger partial charge in [-0.25, -0.2) is 0 Å². The predicted molar refractivity (Wildman–Crippen MR) is 81.2 cm³/mol. The van der Waals surface area contributed by atoms with E-state index in [1.54, 1.807) is 6.92 Å². The van der Waals surface area contributed by atoms with Gasteiger partial charge >= 0.3 is 0 Å². The number of nitrogens with zero attached hydrogens (tertiary/aromatic N) is 1. The van der Waals surface area contributed by atoms with Gasteiger partial charge in [-0.3, -0.25) is 9.69 Å². The Balaban J connectivity index is 2.36. The van der Waals surface area contributed by atoms with E-state index in [1.165, 1.54) is 11.1 Å². The predicted octanol–water partition coefficient (Wildman–Crippen LogP) is 2.77. The minimum absolute atomic E-state index is 0.140. The second kappa shape index (κ2) is 6.06. The normalized spacial score (nSPS) is 19.6. The van der Waals surface area contributed by atoms with E-state index < -0.39 is 0 Å². The molecule has 1 aliphatic rings. The molecule has 0 bridgehead atoms. The molecule has 0 amide bonds. The first kappa shape index (κ1) is 15.2. The zero-order valence-corrected chi connectivity index (χ0v) is 13.0. The molecule has 1 aromatic rings. The van der Waals surface area contributed by atoms with E-state index in [4.69, 9.17) is 0 Å². The maximum absolute atomic E-state index is 11.9. The summed E-state index contributed by atoms with van der Waals surface area (Å²) in [6.45, 7) is 9.91. The Hall–Kier alpha value is -1.19. The molecule has 1 saturated heterocycles. The fourth-order valence-corrected chi connectivity index (χ4v) is 3.52. The van der Waals surface area contributed by atoms with Crippen LogP contribution in [0.5, 0.6) is 0 Å². The van der Waals surface area contributed by atoms with Crippen molar-refractivity contribution >= 4 is 5.78 Å². The fraction of sp³-hybridized carbons (Fsp3) is 0.588. The van der Waals surface area contributed by atoms with Gasteiger partial charge in [-0.1, -0.05) is 6.07 Å². The third kappa shape index (κ3) is 2.79. The Labute approximate surface area is 121 Å². The molecule has 1 atom stereocenters. The fourth-order valence-electron chi connectivity index (χ4n) is 3.52. The lowest BCUT2D eigenvalue weighted by atomic mass is 9.91. The Morgan fingerprint density at radius 2 is 2.05 bits per heavy atom. The second-order valence-corrected chi connectivity index (χ2v) is 5.99. The van der Waals surface area contributed by atoms with E-state index in [0.717, 1.165) is 42.6 Å². The van der Waals surface area contributed by atoms with Gasteiger partial charge in [0, 0.05) is 18.2 Å². The standard InChI is InChI=1S/C17H25NO2/c1-11-8-12(2)17(14(4)20)13(3)16(11)9-18-7-5-6-15(18)10-19/h8,15,19H,5-7,9-10H2,1-4H3/t15-/m1/s1. The summed E-state index contributed by atoms with van der Waals surface area (Å²) in [4.78, 5) is 14.2. The highest BCUT2D eigenvalue weighted by Crippen LogP contribution is 2.27. The molecule has 110 valence electrons. The number of hydrogen-bond donors (Lipinski definition) is 1. The van der Waals surface area contributed by atoms with Crippen LogP contribution in [0.15, 0.2) is 6.07 Å². The highest BCUT2D eigenvalue weighted by atomic mass is 16.3. The Morgan fingerprint density at radius 3 is 2.65 bits per heavy atom. The number of benzene rings is 1. The second-order valence-electron chi connectivity index (χ2n) is 5.99. The van der Waals surface area contributed by atoms with Crippen molar-refractivity contribution in [1.29, 1.82) is 0 Å². The van der Waals surface area contributed by atoms with Crippen LogP contribution < -0.4 is 0 Å². The largest absolute Gasteiger partial charge is 0.395 e. The first-order valence-corrected chi connectivity index (χ1v) is 7.41. The van der Waals surface area contributed by atoms with Gasteiger partial charge in [-0.15, -0.1) is 0 Å². The van der Waals surface area contributed by atoms with E-state index in [-0.39, 0.29) is 18.4 Å². The van der Waals surface area contributed by atoms with Crippen molar-refractivity contribution in [1.82, 2.24) is 4.90 Å². The average molecular weight is 275 g/mol. The molecule has 1 fully saturated rings. The van der Waals surface area contributed by atoms with Gasteiger partial charge in [0.25, 0.3) is 0 Å². The third-order valence-corrected chi connectivity index (χ3v) is 4.55. The summed E-state index contributed by atoms with van der Waals surface area (Å²) in [5, 5.41) is 9.44. The highest BCUT2D eigenvalue weighted by Gasteiger charge is 2.25. The SMILES string of the molecule is CC(=O)c1c(C)cc(C)c(CN2CCC[C@@H]2CO)c1C. The lowest BCUT2D eigenvalue weighted by Gasteiger charge is -2.25. The number of aliphatic hydroxyl groups excluding tert-OH is 1. The van der Waals surface area contributed by atoms with Crippen LogP contribution in [0.25, 0.3) is 0 Å². The van der Waals surface area contributed by atoms with Gasteiger partial charge in [0.05, 0.1) is 6.61 Å². The molecule has 3 heteroatoms. The number of likely N-dealkylation sites (tertiary alicyclic amines) is 1. The van der Waals surface area contributed by atoms with Crippen molar-refractivity contribution in [3.05, 3.63) is 33.9 Å². The van der Waals surface area contributed by atoms with Crippen LogP contribution >= 0.6 is 0 Å². The third-order valence-electron chi connectivity index (χ3n) is 4.55. The monoisotopic (exact) mass is 275 g/mol. The van der Waals surface area contributed by atoms with Gasteiger partial charge in [0.2, 0.25) is 0 Å². The van der Waals surface area contributed by atoms with Crippen molar-refractivity contribution in [2.45, 2.75) is 53.1 Å². The molecule has 3 nitrogen and oxygen atoms in total. The van der Waals surface area contributed by atoms with E-state index in [1.807, 2.05) is 6.92 Å². The van der Waals surface area contributed by atoms with Crippen LogP contribution in [0.3, 0.4) is 0 Å². The van der Waals surface area contributed by atoms with Gasteiger partial charge in [0.15, 0.2) is 5.78 Å². The van der Waals surface area contributed by atoms with Crippen molar-refractivity contribution in [3.8, 4) is 0 Å². The summed E-state index contributed by atoms with van der Waals surface area (Å²) in [6.07, 6.45) is 2.22. The van der Waals surface area contributed by atoms with Crippen molar-refractivity contribution < 1.29 is 9.90 Å². The van der Waals surface area contributed by atoms with Crippen molar-refractivity contribution in [2.24, 2.45) is 0 Å². The summed E-state index contributed by atoms with van der Waals surface area (Å²) >= 11 is 0. The summed E-state index contributed by atoms with van der Waals surface area (Å²) < 4.78 is 0. The molecule has 1 aromatic carbocycles. The first-order chi connectivity index (χ1) is 9.45. The zero-order valence-electron chi connectivity index (χ0n) is 13.0. The summed E-state index contributed by atoms with van der Waals surface area (Å²) in [5.74, 6) is 0.140. The number of rotatable bonds is 4. The number of ketones is 1. The lowest BCUT2D eigenvalue weighted by Crippen LogP contribution is -2.32. The number of carbonyl (C=O) groups excluding carboxylic acids is 1. The number of carbonyl (C=O) groups is 1. The molecule has 1 aliphatic heterocycles. The van der Waals surface area contributed by atoms with Gasteiger partial charge in [0.1, 0.15) is 0 Å². The molecule has 0 unspecified atom stereocenters. The van der Waals surface area contributed by atoms with Crippen LogP contribution in [0.2, 0.25) is 0 Å².